The Morgan fingerprint density at radius 3 is 2.43 bits per heavy atom. The number of methoxy groups -OCH3 is 1. The number of likely N-dealkylation sites (tertiary alicyclic amines) is 1. The third-order valence-corrected chi connectivity index (χ3v) is 7.48. The molecule has 2 N–H and O–H groups in total. The maximum atomic E-state index is 13.4. The van der Waals surface area contributed by atoms with E-state index in [1.165, 1.54) is 0 Å². The van der Waals surface area contributed by atoms with Crippen LogP contribution in [-0.4, -0.2) is 60.9 Å². The molecule has 2 atom stereocenters. The Morgan fingerprint density at radius 2 is 1.73 bits per heavy atom. The third kappa shape index (κ3) is 4.89. The van der Waals surface area contributed by atoms with Gasteiger partial charge in [-0.1, -0.05) is 48.5 Å². The monoisotopic (exact) mass is 500 g/mol. The van der Waals surface area contributed by atoms with Crippen LogP contribution in [0.4, 0.5) is 4.79 Å². The van der Waals surface area contributed by atoms with Crippen LogP contribution < -0.4 is 15.4 Å². The summed E-state index contributed by atoms with van der Waals surface area (Å²) in [6, 6.07) is 20.8. The Kier molecular flexibility index (Phi) is 6.84. The van der Waals surface area contributed by atoms with Crippen molar-refractivity contribution in [1.82, 2.24) is 20.4 Å². The summed E-state index contributed by atoms with van der Waals surface area (Å²) < 4.78 is 5.28. The van der Waals surface area contributed by atoms with Crippen LogP contribution in [0.1, 0.15) is 36.9 Å². The van der Waals surface area contributed by atoms with E-state index in [2.05, 4.69) is 15.5 Å². The summed E-state index contributed by atoms with van der Waals surface area (Å²) in [5.74, 6) is -0.0286. The first-order valence-corrected chi connectivity index (χ1v) is 12.7. The van der Waals surface area contributed by atoms with E-state index in [1.807, 2.05) is 66.7 Å². The number of hydrogen-bond acceptors (Lipinski definition) is 5. The summed E-state index contributed by atoms with van der Waals surface area (Å²) >= 11 is 0. The molecule has 4 amide bonds. The molecule has 2 aliphatic rings. The van der Waals surface area contributed by atoms with Crippen molar-refractivity contribution >= 4 is 28.6 Å². The number of urea groups is 1. The molecule has 0 aliphatic carbocycles. The molecule has 8 heteroatoms. The minimum atomic E-state index is -1.23. The molecule has 5 rings (SSSR count). The fourth-order valence-corrected chi connectivity index (χ4v) is 5.28. The summed E-state index contributed by atoms with van der Waals surface area (Å²) in [5.41, 5.74) is 0.533. The molecule has 2 heterocycles. The number of rotatable bonds is 8. The quantitative estimate of drug-likeness (QED) is 0.462. The van der Waals surface area contributed by atoms with Gasteiger partial charge in [0, 0.05) is 6.54 Å². The van der Waals surface area contributed by atoms with Gasteiger partial charge in [-0.3, -0.25) is 19.4 Å². The lowest BCUT2D eigenvalue weighted by Gasteiger charge is -2.28. The molecule has 0 unspecified atom stereocenters. The van der Waals surface area contributed by atoms with Crippen molar-refractivity contribution in [2.75, 3.05) is 33.3 Å². The fraction of sp³-hybridized carbons (Fsp3) is 0.345. The highest BCUT2D eigenvalue weighted by Crippen LogP contribution is 2.31. The molecule has 8 nitrogen and oxygen atoms in total. The zero-order chi connectivity index (χ0) is 26.0. The van der Waals surface area contributed by atoms with Crippen molar-refractivity contribution in [2.24, 2.45) is 0 Å². The topological polar surface area (TPSA) is 91.0 Å². The lowest BCUT2D eigenvalue weighted by molar-refractivity contribution is -0.134. The van der Waals surface area contributed by atoms with Gasteiger partial charge in [-0.05, 0) is 73.0 Å². The first kappa shape index (κ1) is 24.8. The maximum Gasteiger partial charge on any atom is 0.325 e. The maximum absolute atomic E-state index is 13.4. The highest BCUT2D eigenvalue weighted by Gasteiger charge is 2.49. The summed E-state index contributed by atoms with van der Waals surface area (Å²) in [7, 11) is 1.63. The van der Waals surface area contributed by atoms with Crippen LogP contribution in [0.25, 0.3) is 10.8 Å². The SMILES string of the molecule is COc1ccc([C@@H](CNC(=O)CN2C(=O)N[C@@](C)(c3ccc4ccccc4c3)C2=O)N2CCCC2)cc1. The number of nitrogens with one attached hydrogen (secondary N) is 2. The molecule has 2 aliphatic heterocycles. The minimum absolute atomic E-state index is 0.00308. The van der Waals surface area contributed by atoms with Gasteiger partial charge in [0.25, 0.3) is 5.91 Å². The highest BCUT2D eigenvalue weighted by atomic mass is 16.5. The first-order valence-electron chi connectivity index (χ1n) is 12.7. The van der Waals surface area contributed by atoms with E-state index < -0.39 is 17.5 Å². The van der Waals surface area contributed by atoms with Crippen molar-refractivity contribution in [1.29, 1.82) is 0 Å². The van der Waals surface area contributed by atoms with Crippen molar-refractivity contribution in [3.05, 3.63) is 77.9 Å². The van der Waals surface area contributed by atoms with E-state index in [-0.39, 0.29) is 18.5 Å². The predicted octanol–water partition coefficient (Wildman–Crippen LogP) is 3.57. The second kappa shape index (κ2) is 10.2. The van der Waals surface area contributed by atoms with Crippen LogP contribution in [-0.2, 0) is 15.1 Å². The fourth-order valence-electron chi connectivity index (χ4n) is 5.28. The summed E-state index contributed by atoms with van der Waals surface area (Å²) in [5, 5.41) is 7.79. The predicted molar refractivity (Wildman–Crippen MR) is 141 cm³/mol. The van der Waals surface area contributed by atoms with Crippen LogP contribution in [0.3, 0.4) is 0 Å². The van der Waals surface area contributed by atoms with Gasteiger partial charge in [-0.25, -0.2) is 4.79 Å². The molecule has 0 radical (unpaired) electrons. The van der Waals surface area contributed by atoms with Crippen LogP contribution >= 0.6 is 0 Å². The van der Waals surface area contributed by atoms with Crippen LogP contribution in [0.5, 0.6) is 5.75 Å². The van der Waals surface area contributed by atoms with E-state index in [0.717, 1.165) is 52.9 Å². The molecule has 192 valence electrons. The molecule has 0 spiro atoms. The lowest BCUT2D eigenvalue weighted by atomic mass is 9.90. The standard InChI is InChI=1S/C29H32N4O4/c1-29(23-12-9-20-7-3-4-8-22(20)17-23)27(35)33(28(36)31-29)19-26(34)30-18-25(32-15-5-6-16-32)21-10-13-24(37-2)14-11-21/h3-4,7-14,17,25H,5-6,15-16,18-19H2,1-2H3,(H,30,34)(H,31,36)/t25-,29+/m1/s1. The smallest absolute Gasteiger partial charge is 0.325 e. The van der Waals surface area contributed by atoms with E-state index in [4.69, 9.17) is 4.74 Å². The Morgan fingerprint density at radius 1 is 1.03 bits per heavy atom. The molecule has 3 aromatic rings. The summed E-state index contributed by atoms with van der Waals surface area (Å²) in [6.45, 7) is 3.66. The number of ether oxygens (including phenoxy) is 1. The van der Waals surface area contributed by atoms with Gasteiger partial charge in [0.2, 0.25) is 5.91 Å². The molecule has 2 saturated heterocycles. The number of hydrogen-bond donors (Lipinski definition) is 2. The largest absolute Gasteiger partial charge is 0.497 e. The van der Waals surface area contributed by atoms with Gasteiger partial charge >= 0.3 is 6.03 Å². The third-order valence-electron chi connectivity index (χ3n) is 7.48. The zero-order valence-electron chi connectivity index (χ0n) is 21.2. The van der Waals surface area contributed by atoms with Crippen LogP contribution in [0, 0.1) is 0 Å². The second-order valence-corrected chi connectivity index (χ2v) is 9.84. The van der Waals surface area contributed by atoms with Gasteiger partial charge in [0.05, 0.1) is 13.2 Å². The average molecular weight is 501 g/mol. The van der Waals surface area contributed by atoms with E-state index in [0.29, 0.717) is 12.1 Å². The Hall–Kier alpha value is -3.91. The molecular formula is C29H32N4O4. The van der Waals surface area contributed by atoms with Crippen LogP contribution in [0.2, 0.25) is 0 Å². The van der Waals surface area contributed by atoms with E-state index in [9.17, 15) is 14.4 Å². The van der Waals surface area contributed by atoms with E-state index in [1.54, 1.807) is 14.0 Å². The van der Waals surface area contributed by atoms with Crippen LogP contribution in [0.15, 0.2) is 66.7 Å². The van der Waals surface area contributed by atoms with Gasteiger partial charge in [-0.2, -0.15) is 0 Å². The Balaban J connectivity index is 1.27. The molecule has 0 aromatic heterocycles. The first-order chi connectivity index (χ1) is 17.9. The normalized spacial score (nSPS) is 20.8. The number of fused-ring (bicyclic) bond motifs is 1. The number of amides is 4. The van der Waals surface area contributed by atoms with Gasteiger partial charge in [-0.15, -0.1) is 0 Å². The highest BCUT2D eigenvalue weighted by molar-refractivity contribution is 6.09. The Bertz CT molecular complexity index is 1320. The molecular weight excluding hydrogens is 468 g/mol. The van der Waals surface area contributed by atoms with Crippen molar-refractivity contribution in [3.8, 4) is 5.75 Å². The molecule has 0 saturated carbocycles. The molecule has 3 aromatic carbocycles. The average Bonchev–Trinajstić information content (AvgIpc) is 3.52. The molecule has 2 fully saturated rings. The number of carbonyl (C=O) groups excluding carboxylic acids is 3. The Labute approximate surface area is 216 Å². The van der Waals surface area contributed by atoms with Gasteiger partial charge in [0.1, 0.15) is 17.8 Å². The second-order valence-electron chi connectivity index (χ2n) is 9.84. The minimum Gasteiger partial charge on any atom is -0.497 e. The van der Waals surface area contributed by atoms with Gasteiger partial charge < -0.3 is 15.4 Å². The van der Waals surface area contributed by atoms with Gasteiger partial charge in [0.15, 0.2) is 0 Å². The number of imide groups is 1. The molecule has 37 heavy (non-hydrogen) atoms. The number of nitrogens with zero attached hydrogens (tertiary/aromatic N) is 2. The van der Waals surface area contributed by atoms with E-state index >= 15 is 0 Å². The summed E-state index contributed by atoms with van der Waals surface area (Å²) in [6.07, 6.45) is 2.24. The van der Waals surface area contributed by atoms with Crippen molar-refractivity contribution in [3.63, 3.8) is 0 Å². The van der Waals surface area contributed by atoms with Crippen molar-refractivity contribution < 1.29 is 19.1 Å². The number of benzene rings is 3. The molecule has 0 bridgehead atoms. The van der Waals surface area contributed by atoms with Crippen molar-refractivity contribution in [2.45, 2.75) is 31.3 Å². The zero-order valence-corrected chi connectivity index (χ0v) is 21.2. The number of carbonyl (C=O) groups is 3. The summed E-state index contributed by atoms with van der Waals surface area (Å²) in [4.78, 5) is 42.5. The lowest BCUT2D eigenvalue weighted by Crippen LogP contribution is -2.45.